The van der Waals surface area contributed by atoms with Gasteiger partial charge >= 0.3 is 5.97 Å². The minimum atomic E-state index is -1.23. The Bertz CT molecular complexity index is 984. The predicted molar refractivity (Wildman–Crippen MR) is 134 cm³/mol. The van der Waals surface area contributed by atoms with E-state index in [4.69, 9.17) is 11.5 Å². The summed E-state index contributed by atoms with van der Waals surface area (Å²) in [6, 6.07) is 1.89. The zero-order valence-corrected chi connectivity index (χ0v) is 21.2. The summed E-state index contributed by atoms with van der Waals surface area (Å²) >= 11 is 0. The van der Waals surface area contributed by atoms with Gasteiger partial charge < -0.3 is 37.2 Å². The van der Waals surface area contributed by atoms with Crippen LogP contribution in [0.25, 0.3) is 0 Å². The lowest BCUT2D eigenvalue weighted by Gasteiger charge is -2.32. The second-order valence-electron chi connectivity index (χ2n) is 9.44. The van der Waals surface area contributed by atoms with E-state index in [1.807, 2.05) is 6.92 Å². The molecule has 12 heteroatoms. The van der Waals surface area contributed by atoms with E-state index < -0.39 is 53.8 Å². The number of carboxylic acids is 1. The quantitative estimate of drug-likeness (QED) is 0.202. The second kappa shape index (κ2) is 13.6. The number of nitrogens with one attached hydrogen (secondary N) is 2. The molecule has 0 bridgehead atoms. The molecule has 8 N–H and O–H groups in total. The van der Waals surface area contributed by atoms with E-state index >= 15 is 0 Å². The van der Waals surface area contributed by atoms with Crippen LogP contribution in [0.15, 0.2) is 24.3 Å². The first-order chi connectivity index (χ1) is 17.4. The number of nitrogens with zero attached hydrogens (tertiary/aromatic N) is 1. The van der Waals surface area contributed by atoms with E-state index in [0.717, 1.165) is 0 Å². The third kappa shape index (κ3) is 8.45. The third-order valence-electron chi connectivity index (χ3n) is 6.64. The van der Waals surface area contributed by atoms with Crippen molar-refractivity contribution in [2.75, 3.05) is 6.54 Å². The smallest absolute Gasteiger partial charge is 0.326 e. The van der Waals surface area contributed by atoms with E-state index in [0.29, 0.717) is 24.8 Å². The fourth-order valence-electron chi connectivity index (χ4n) is 4.19. The largest absolute Gasteiger partial charge is 0.508 e. The molecule has 0 spiro atoms. The molecule has 204 valence electrons. The first-order valence-electron chi connectivity index (χ1n) is 12.4. The van der Waals surface area contributed by atoms with Crippen LogP contribution in [0.3, 0.4) is 0 Å². The zero-order chi connectivity index (χ0) is 27.7. The van der Waals surface area contributed by atoms with Gasteiger partial charge in [0.2, 0.25) is 23.6 Å². The number of carboxylic acid groups (broad SMARTS) is 1. The molecule has 0 aliphatic carbocycles. The Morgan fingerprint density at radius 2 is 1.78 bits per heavy atom. The SMILES string of the molecule is CCC(C)C(NC(=O)C(N)CCC(N)=O)C(=O)N1CCCC1C(=O)NC(Cc1ccc(O)cc1)C(=O)O. The van der Waals surface area contributed by atoms with Gasteiger partial charge in [-0.05, 0) is 42.9 Å². The molecule has 0 radical (unpaired) electrons. The van der Waals surface area contributed by atoms with Gasteiger partial charge in [0.1, 0.15) is 23.9 Å². The summed E-state index contributed by atoms with van der Waals surface area (Å²) in [5.41, 5.74) is 11.6. The number of hydrogen-bond acceptors (Lipinski definition) is 7. The van der Waals surface area contributed by atoms with Crippen molar-refractivity contribution in [2.24, 2.45) is 17.4 Å². The molecule has 1 heterocycles. The molecule has 1 fully saturated rings. The van der Waals surface area contributed by atoms with E-state index in [1.54, 1.807) is 19.1 Å². The molecule has 0 saturated carbocycles. The average molecular weight is 520 g/mol. The Hall–Kier alpha value is -3.67. The molecule has 1 aliphatic rings. The number of phenols is 1. The zero-order valence-electron chi connectivity index (χ0n) is 21.2. The van der Waals surface area contributed by atoms with E-state index in [1.165, 1.54) is 17.0 Å². The van der Waals surface area contributed by atoms with E-state index in [-0.39, 0.29) is 37.5 Å². The molecular weight excluding hydrogens is 482 g/mol. The lowest BCUT2D eigenvalue weighted by molar-refractivity contribution is -0.145. The Morgan fingerprint density at radius 1 is 1.14 bits per heavy atom. The fourth-order valence-corrected chi connectivity index (χ4v) is 4.19. The molecule has 5 atom stereocenters. The second-order valence-corrected chi connectivity index (χ2v) is 9.44. The number of aliphatic carboxylic acids is 1. The summed E-state index contributed by atoms with van der Waals surface area (Å²) in [6.45, 7) is 3.93. The van der Waals surface area contributed by atoms with Crippen molar-refractivity contribution >= 4 is 29.6 Å². The van der Waals surface area contributed by atoms with Crippen LogP contribution >= 0.6 is 0 Å². The van der Waals surface area contributed by atoms with Crippen molar-refractivity contribution < 1.29 is 34.2 Å². The number of nitrogens with two attached hydrogens (primary N) is 2. The summed E-state index contributed by atoms with van der Waals surface area (Å²) in [6.07, 6.45) is 1.42. The van der Waals surface area contributed by atoms with Gasteiger partial charge in [-0.25, -0.2) is 4.79 Å². The number of hydrogen-bond donors (Lipinski definition) is 6. The van der Waals surface area contributed by atoms with Gasteiger partial charge in [0, 0.05) is 19.4 Å². The molecule has 1 aromatic carbocycles. The lowest BCUT2D eigenvalue weighted by atomic mass is 9.96. The van der Waals surface area contributed by atoms with Gasteiger partial charge in [-0.1, -0.05) is 32.4 Å². The Labute approximate surface area is 215 Å². The highest BCUT2D eigenvalue weighted by molar-refractivity contribution is 5.94. The first kappa shape index (κ1) is 29.6. The maximum Gasteiger partial charge on any atom is 0.326 e. The molecule has 37 heavy (non-hydrogen) atoms. The number of likely N-dealkylation sites (tertiary alicyclic amines) is 1. The van der Waals surface area contributed by atoms with Crippen molar-refractivity contribution in [3.8, 4) is 5.75 Å². The third-order valence-corrected chi connectivity index (χ3v) is 6.64. The summed E-state index contributed by atoms with van der Waals surface area (Å²) in [7, 11) is 0. The van der Waals surface area contributed by atoms with Crippen LogP contribution in [0, 0.1) is 5.92 Å². The number of carbonyl (C=O) groups is 5. The topological polar surface area (TPSA) is 205 Å². The molecule has 1 aliphatic heterocycles. The highest BCUT2D eigenvalue weighted by atomic mass is 16.4. The Balaban J connectivity index is 2.12. The van der Waals surface area contributed by atoms with Crippen molar-refractivity contribution in [3.63, 3.8) is 0 Å². The fraction of sp³-hybridized carbons (Fsp3) is 0.560. The Morgan fingerprint density at radius 3 is 2.35 bits per heavy atom. The van der Waals surface area contributed by atoms with Gasteiger partial charge in [-0.2, -0.15) is 0 Å². The minimum absolute atomic E-state index is 0.00321. The van der Waals surface area contributed by atoms with Crippen LogP contribution < -0.4 is 22.1 Å². The standard InChI is InChI=1S/C25H37N5O7/c1-3-14(2)21(29-22(33)17(26)10-11-20(27)32)24(35)30-12-4-5-19(30)23(34)28-18(25(36)37)13-15-6-8-16(31)9-7-15/h6-9,14,17-19,21,31H,3-5,10-13,26H2,1-2H3,(H2,27,32)(H,28,34)(H,29,33)(H,36,37). The molecule has 4 amide bonds. The van der Waals surface area contributed by atoms with Gasteiger partial charge in [0.15, 0.2) is 0 Å². The molecule has 1 saturated heterocycles. The number of rotatable bonds is 13. The van der Waals surface area contributed by atoms with Gasteiger partial charge in [-0.15, -0.1) is 0 Å². The van der Waals surface area contributed by atoms with Gasteiger partial charge in [0.25, 0.3) is 0 Å². The van der Waals surface area contributed by atoms with E-state index in [2.05, 4.69) is 10.6 Å². The normalized spacial score (nSPS) is 18.4. The molecule has 1 aromatic rings. The molecule has 2 rings (SSSR count). The number of phenolic OH excluding ortho intramolecular Hbond substituents is 1. The van der Waals surface area contributed by atoms with Crippen LogP contribution in [0.2, 0.25) is 0 Å². The maximum absolute atomic E-state index is 13.5. The molecular formula is C25H37N5O7. The van der Waals surface area contributed by atoms with Crippen LogP contribution in [0.5, 0.6) is 5.75 Å². The van der Waals surface area contributed by atoms with E-state index in [9.17, 15) is 34.2 Å². The van der Waals surface area contributed by atoms with Gasteiger partial charge in [0.05, 0.1) is 6.04 Å². The first-order valence-corrected chi connectivity index (χ1v) is 12.4. The average Bonchev–Trinajstić information content (AvgIpc) is 3.35. The monoisotopic (exact) mass is 519 g/mol. The Kier molecular flexibility index (Phi) is 10.9. The summed E-state index contributed by atoms with van der Waals surface area (Å²) in [5, 5.41) is 24.3. The molecule has 12 nitrogen and oxygen atoms in total. The number of primary amides is 1. The highest BCUT2D eigenvalue weighted by Gasteiger charge is 2.40. The van der Waals surface area contributed by atoms with Crippen LogP contribution in [-0.2, 0) is 30.4 Å². The molecule has 5 unspecified atom stereocenters. The van der Waals surface area contributed by atoms with Crippen LogP contribution in [-0.4, -0.2) is 75.4 Å². The summed E-state index contributed by atoms with van der Waals surface area (Å²) < 4.78 is 0. The highest BCUT2D eigenvalue weighted by Crippen LogP contribution is 2.22. The summed E-state index contributed by atoms with van der Waals surface area (Å²) in [4.78, 5) is 63.4. The number of amides is 4. The van der Waals surface area contributed by atoms with Crippen molar-refractivity contribution in [1.29, 1.82) is 0 Å². The number of aromatic hydroxyl groups is 1. The predicted octanol–water partition coefficient (Wildman–Crippen LogP) is -0.381. The van der Waals surface area contributed by atoms with Crippen molar-refractivity contribution in [1.82, 2.24) is 15.5 Å². The summed E-state index contributed by atoms with van der Waals surface area (Å²) in [5.74, 6) is -3.69. The number of carbonyl (C=O) groups excluding carboxylic acids is 4. The van der Waals surface area contributed by atoms with Gasteiger partial charge in [-0.3, -0.25) is 19.2 Å². The minimum Gasteiger partial charge on any atom is -0.508 e. The van der Waals surface area contributed by atoms with Crippen LogP contribution in [0.1, 0.15) is 51.5 Å². The molecule has 0 aromatic heterocycles. The maximum atomic E-state index is 13.5. The van der Waals surface area contributed by atoms with Crippen molar-refractivity contribution in [2.45, 2.75) is 76.5 Å². The van der Waals surface area contributed by atoms with Crippen molar-refractivity contribution in [3.05, 3.63) is 29.8 Å². The van der Waals surface area contributed by atoms with Crippen LogP contribution in [0.4, 0.5) is 0 Å². The lowest BCUT2D eigenvalue weighted by Crippen LogP contribution is -2.58. The number of benzene rings is 1.